The number of methoxy groups -OCH3 is 1. The molecule has 21 heavy (non-hydrogen) atoms. The van der Waals surface area contributed by atoms with Gasteiger partial charge in [0.1, 0.15) is 11.4 Å². The number of hydrogen-bond acceptors (Lipinski definition) is 3. The molecule has 0 saturated heterocycles. The van der Waals surface area contributed by atoms with Crippen LogP contribution >= 0.6 is 0 Å². The topological polar surface area (TPSA) is 47.6 Å². The van der Waals surface area contributed by atoms with E-state index in [9.17, 15) is 4.79 Å². The number of anilines is 1. The lowest BCUT2D eigenvalue weighted by atomic mass is 10.0. The van der Waals surface area contributed by atoms with Crippen molar-refractivity contribution in [1.29, 1.82) is 0 Å². The fourth-order valence-corrected chi connectivity index (χ4v) is 2.10. The second-order valence-electron chi connectivity index (χ2n) is 5.85. The number of rotatable bonds is 6. The quantitative estimate of drug-likeness (QED) is 0.866. The van der Waals surface area contributed by atoms with Crippen molar-refractivity contribution in [2.45, 2.75) is 59.7 Å². The highest BCUT2D eigenvalue weighted by molar-refractivity contribution is 5.97. The molecule has 1 N–H and O–H groups in total. The van der Waals surface area contributed by atoms with Crippen molar-refractivity contribution in [2.75, 3.05) is 12.4 Å². The minimum atomic E-state index is -0.811. The smallest absolute Gasteiger partial charge is 0.256 e. The van der Waals surface area contributed by atoms with Crippen molar-refractivity contribution in [3.05, 3.63) is 23.3 Å². The molecule has 0 saturated carbocycles. The SMILES string of the molecule is CCC(C)(OC)C(=O)Nc1cc(C)c(OC(C)C)c(C)c1. The van der Waals surface area contributed by atoms with E-state index >= 15 is 0 Å². The molecule has 1 unspecified atom stereocenters. The maximum Gasteiger partial charge on any atom is 0.256 e. The Kier molecular flexibility index (Phi) is 5.78. The van der Waals surface area contributed by atoms with Crippen LogP contribution in [-0.4, -0.2) is 24.7 Å². The van der Waals surface area contributed by atoms with Crippen molar-refractivity contribution in [2.24, 2.45) is 0 Å². The molecule has 1 amide bonds. The van der Waals surface area contributed by atoms with Gasteiger partial charge in [-0.05, 0) is 64.3 Å². The van der Waals surface area contributed by atoms with Gasteiger partial charge in [0.25, 0.3) is 5.91 Å². The van der Waals surface area contributed by atoms with Crippen LogP contribution in [0.2, 0.25) is 0 Å². The highest BCUT2D eigenvalue weighted by Gasteiger charge is 2.31. The van der Waals surface area contributed by atoms with Gasteiger partial charge in [-0.2, -0.15) is 0 Å². The number of carbonyl (C=O) groups excluding carboxylic acids is 1. The Morgan fingerprint density at radius 1 is 1.29 bits per heavy atom. The summed E-state index contributed by atoms with van der Waals surface area (Å²) in [6, 6.07) is 3.85. The van der Waals surface area contributed by atoms with Gasteiger partial charge in [0.05, 0.1) is 6.10 Å². The van der Waals surface area contributed by atoms with Crippen molar-refractivity contribution in [3.63, 3.8) is 0 Å². The van der Waals surface area contributed by atoms with Gasteiger partial charge in [0, 0.05) is 12.8 Å². The van der Waals surface area contributed by atoms with Crippen molar-refractivity contribution < 1.29 is 14.3 Å². The van der Waals surface area contributed by atoms with Crippen LogP contribution in [0.5, 0.6) is 5.75 Å². The Morgan fingerprint density at radius 2 is 1.81 bits per heavy atom. The van der Waals surface area contributed by atoms with Gasteiger partial charge in [-0.1, -0.05) is 6.92 Å². The Hall–Kier alpha value is -1.55. The van der Waals surface area contributed by atoms with E-state index in [1.165, 1.54) is 0 Å². The van der Waals surface area contributed by atoms with Crippen LogP contribution in [0.1, 0.15) is 45.2 Å². The van der Waals surface area contributed by atoms with Crippen LogP contribution in [0, 0.1) is 13.8 Å². The fourth-order valence-electron chi connectivity index (χ4n) is 2.10. The van der Waals surface area contributed by atoms with Gasteiger partial charge in [-0.15, -0.1) is 0 Å². The van der Waals surface area contributed by atoms with Gasteiger partial charge in [0.15, 0.2) is 0 Å². The minimum absolute atomic E-state index is 0.125. The van der Waals surface area contributed by atoms with E-state index < -0.39 is 5.60 Å². The summed E-state index contributed by atoms with van der Waals surface area (Å²) in [6.07, 6.45) is 0.738. The van der Waals surface area contributed by atoms with Crippen molar-refractivity contribution in [3.8, 4) is 5.75 Å². The summed E-state index contributed by atoms with van der Waals surface area (Å²) >= 11 is 0. The highest BCUT2D eigenvalue weighted by Crippen LogP contribution is 2.29. The number of benzene rings is 1. The largest absolute Gasteiger partial charge is 0.490 e. The summed E-state index contributed by atoms with van der Waals surface area (Å²) in [5.74, 6) is 0.747. The summed E-state index contributed by atoms with van der Waals surface area (Å²) in [6.45, 7) is 11.7. The summed E-state index contributed by atoms with van der Waals surface area (Å²) in [5, 5.41) is 2.93. The summed E-state index contributed by atoms with van der Waals surface area (Å²) < 4.78 is 11.1. The summed E-state index contributed by atoms with van der Waals surface area (Å²) in [4.78, 5) is 12.3. The van der Waals surface area contributed by atoms with Crippen LogP contribution in [0.25, 0.3) is 0 Å². The monoisotopic (exact) mass is 293 g/mol. The zero-order chi connectivity index (χ0) is 16.2. The molecule has 1 rings (SSSR count). The van der Waals surface area contributed by atoms with Crippen molar-refractivity contribution >= 4 is 11.6 Å². The molecule has 0 heterocycles. The molecule has 0 aliphatic carbocycles. The van der Waals surface area contributed by atoms with Crippen LogP contribution < -0.4 is 10.1 Å². The first-order valence-corrected chi connectivity index (χ1v) is 7.38. The number of hydrogen-bond donors (Lipinski definition) is 1. The second-order valence-corrected chi connectivity index (χ2v) is 5.85. The number of ether oxygens (including phenoxy) is 2. The maximum absolute atomic E-state index is 12.3. The second kappa shape index (κ2) is 6.94. The molecule has 0 aromatic heterocycles. The summed E-state index contributed by atoms with van der Waals surface area (Å²) in [7, 11) is 1.55. The van der Waals surface area contributed by atoms with Gasteiger partial charge in [-0.25, -0.2) is 0 Å². The van der Waals surface area contributed by atoms with E-state index in [0.29, 0.717) is 6.42 Å². The Balaban J connectivity index is 2.99. The zero-order valence-corrected chi connectivity index (χ0v) is 14.2. The molecular formula is C17H27NO3. The number of aryl methyl sites for hydroxylation is 2. The third kappa shape index (κ3) is 4.21. The molecule has 1 aromatic carbocycles. The van der Waals surface area contributed by atoms with Gasteiger partial charge < -0.3 is 14.8 Å². The predicted octanol–water partition coefficient (Wildman–Crippen LogP) is 3.84. The third-order valence-corrected chi connectivity index (χ3v) is 3.68. The normalized spacial score (nSPS) is 13.9. The summed E-state index contributed by atoms with van der Waals surface area (Å²) in [5.41, 5.74) is 1.97. The number of amides is 1. The highest BCUT2D eigenvalue weighted by atomic mass is 16.5. The first kappa shape index (κ1) is 17.5. The van der Waals surface area contributed by atoms with Crippen LogP contribution in [-0.2, 0) is 9.53 Å². The van der Waals surface area contributed by atoms with Gasteiger partial charge >= 0.3 is 0 Å². The molecule has 0 fully saturated rings. The standard InChI is InChI=1S/C17H27NO3/c1-8-17(6,20-7)16(19)18-14-9-12(4)15(13(5)10-14)21-11(2)3/h9-11H,8H2,1-7H3,(H,18,19). The Morgan fingerprint density at radius 3 is 2.19 bits per heavy atom. The lowest BCUT2D eigenvalue weighted by Gasteiger charge is -2.25. The molecule has 0 aliphatic heterocycles. The third-order valence-electron chi connectivity index (χ3n) is 3.68. The van der Waals surface area contributed by atoms with E-state index in [2.05, 4.69) is 5.32 Å². The molecule has 4 nitrogen and oxygen atoms in total. The number of carbonyl (C=O) groups is 1. The minimum Gasteiger partial charge on any atom is -0.490 e. The first-order valence-electron chi connectivity index (χ1n) is 7.38. The van der Waals surface area contributed by atoms with Crippen LogP contribution in [0.3, 0.4) is 0 Å². The Bertz CT molecular complexity index is 482. The van der Waals surface area contributed by atoms with Crippen molar-refractivity contribution in [1.82, 2.24) is 0 Å². The van der Waals surface area contributed by atoms with E-state index in [0.717, 1.165) is 22.6 Å². The molecular weight excluding hydrogens is 266 g/mol. The van der Waals surface area contributed by atoms with E-state index in [1.54, 1.807) is 14.0 Å². The molecule has 0 radical (unpaired) electrons. The fraction of sp³-hybridized carbons (Fsp3) is 0.588. The van der Waals surface area contributed by atoms with Crippen LogP contribution in [0.4, 0.5) is 5.69 Å². The predicted molar refractivity (Wildman–Crippen MR) is 86.0 cm³/mol. The molecule has 0 bridgehead atoms. The van der Waals surface area contributed by atoms with Crippen LogP contribution in [0.15, 0.2) is 12.1 Å². The lowest BCUT2D eigenvalue weighted by molar-refractivity contribution is -0.136. The van der Waals surface area contributed by atoms with Gasteiger partial charge in [-0.3, -0.25) is 4.79 Å². The van der Waals surface area contributed by atoms with E-state index in [-0.39, 0.29) is 12.0 Å². The zero-order valence-electron chi connectivity index (χ0n) is 14.2. The first-order chi connectivity index (χ1) is 9.73. The van der Waals surface area contributed by atoms with E-state index in [4.69, 9.17) is 9.47 Å². The molecule has 0 spiro atoms. The molecule has 4 heteroatoms. The maximum atomic E-state index is 12.3. The average Bonchev–Trinajstić information content (AvgIpc) is 2.41. The van der Waals surface area contributed by atoms with E-state index in [1.807, 2.05) is 46.8 Å². The Labute approximate surface area is 127 Å². The molecule has 1 aromatic rings. The molecule has 1 atom stereocenters. The molecule has 0 aliphatic rings. The molecule has 118 valence electrons. The number of nitrogens with one attached hydrogen (secondary N) is 1. The van der Waals surface area contributed by atoms with Gasteiger partial charge in [0.2, 0.25) is 0 Å². The lowest BCUT2D eigenvalue weighted by Crippen LogP contribution is -2.41. The average molecular weight is 293 g/mol.